The SMILES string of the molecule is COc1ccc(-c2cn(-c3ccc(OC)c(OC)c3)nn2)cc1O. The van der Waals surface area contributed by atoms with Crippen LogP contribution in [0.5, 0.6) is 23.0 Å². The largest absolute Gasteiger partial charge is 0.504 e. The first-order valence-electron chi connectivity index (χ1n) is 7.18. The number of aromatic hydroxyl groups is 1. The van der Waals surface area contributed by atoms with Crippen molar-refractivity contribution in [2.75, 3.05) is 21.3 Å². The van der Waals surface area contributed by atoms with Gasteiger partial charge in [0.1, 0.15) is 5.69 Å². The van der Waals surface area contributed by atoms with E-state index in [2.05, 4.69) is 10.3 Å². The van der Waals surface area contributed by atoms with Gasteiger partial charge in [-0.2, -0.15) is 0 Å². The van der Waals surface area contributed by atoms with Crippen LogP contribution in [-0.2, 0) is 0 Å². The topological polar surface area (TPSA) is 78.6 Å². The average Bonchev–Trinajstić information content (AvgIpc) is 3.11. The molecule has 3 rings (SSSR count). The molecule has 0 amide bonds. The van der Waals surface area contributed by atoms with Crippen LogP contribution in [-0.4, -0.2) is 41.4 Å². The fourth-order valence-corrected chi connectivity index (χ4v) is 2.34. The van der Waals surface area contributed by atoms with E-state index in [1.807, 2.05) is 18.2 Å². The highest BCUT2D eigenvalue weighted by atomic mass is 16.5. The Morgan fingerprint density at radius 1 is 0.875 bits per heavy atom. The summed E-state index contributed by atoms with van der Waals surface area (Å²) in [4.78, 5) is 0. The standard InChI is InChI=1S/C17H17N3O4/c1-22-15-6-4-11(8-14(15)21)13-10-20(19-18-13)12-5-7-16(23-2)17(9-12)24-3/h4-10,21H,1-3H3. The van der Waals surface area contributed by atoms with Gasteiger partial charge >= 0.3 is 0 Å². The summed E-state index contributed by atoms with van der Waals surface area (Å²) >= 11 is 0. The highest BCUT2D eigenvalue weighted by Crippen LogP contribution is 2.32. The lowest BCUT2D eigenvalue weighted by atomic mass is 10.1. The van der Waals surface area contributed by atoms with Gasteiger partial charge in [0, 0.05) is 11.6 Å². The molecule has 24 heavy (non-hydrogen) atoms. The molecule has 0 fully saturated rings. The van der Waals surface area contributed by atoms with Gasteiger partial charge in [-0.15, -0.1) is 5.10 Å². The first kappa shape index (κ1) is 15.7. The van der Waals surface area contributed by atoms with Crippen LogP contribution in [0.2, 0.25) is 0 Å². The molecule has 0 aliphatic carbocycles. The molecule has 0 saturated carbocycles. The summed E-state index contributed by atoms with van der Waals surface area (Å²) in [5, 5.41) is 18.2. The Morgan fingerprint density at radius 3 is 2.25 bits per heavy atom. The first-order valence-corrected chi connectivity index (χ1v) is 7.18. The Labute approximate surface area is 139 Å². The number of phenolic OH excluding ortho intramolecular Hbond substituents is 1. The van der Waals surface area contributed by atoms with Crippen molar-refractivity contribution < 1.29 is 19.3 Å². The molecule has 0 aliphatic rings. The lowest BCUT2D eigenvalue weighted by Crippen LogP contribution is -1.97. The average molecular weight is 327 g/mol. The smallest absolute Gasteiger partial charge is 0.162 e. The van der Waals surface area contributed by atoms with E-state index in [-0.39, 0.29) is 5.75 Å². The number of hydrogen-bond donors (Lipinski definition) is 1. The highest BCUT2D eigenvalue weighted by molar-refractivity contribution is 5.63. The Morgan fingerprint density at radius 2 is 1.58 bits per heavy atom. The molecule has 0 bridgehead atoms. The number of phenols is 1. The zero-order valence-corrected chi connectivity index (χ0v) is 13.6. The van der Waals surface area contributed by atoms with Crippen molar-refractivity contribution in [3.63, 3.8) is 0 Å². The molecule has 7 heteroatoms. The molecule has 0 aliphatic heterocycles. The molecular weight excluding hydrogens is 310 g/mol. The van der Waals surface area contributed by atoms with Crippen molar-refractivity contribution in [2.24, 2.45) is 0 Å². The van der Waals surface area contributed by atoms with Crippen LogP contribution in [0.1, 0.15) is 0 Å². The minimum atomic E-state index is 0.0515. The predicted octanol–water partition coefficient (Wildman–Crippen LogP) is 2.67. The first-order chi connectivity index (χ1) is 11.7. The highest BCUT2D eigenvalue weighted by Gasteiger charge is 2.11. The van der Waals surface area contributed by atoms with Crippen LogP contribution < -0.4 is 14.2 Å². The molecule has 3 aromatic rings. The maximum absolute atomic E-state index is 9.89. The number of hydrogen-bond acceptors (Lipinski definition) is 6. The summed E-state index contributed by atoms with van der Waals surface area (Å²) in [5.74, 6) is 1.71. The van der Waals surface area contributed by atoms with Gasteiger partial charge in [0.2, 0.25) is 0 Å². The summed E-state index contributed by atoms with van der Waals surface area (Å²) in [6, 6.07) is 10.5. The summed E-state index contributed by atoms with van der Waals surface area (Å²) < 4.78 is 17.2. The van der Waals surface area contributed by atoms with Crippen molar-refractivity contribution in [3.8, 4) is 39.9 Å². The molecule has 0 atom stereocenters. The number of aromatic nitrogens is 3. The van der Waals surface area contributed by atoms with Crippen molar-refractivity contribution in [1.29, 1.82) is 0 Å². The van der Waals surface area contributed by atoms with Crippen LogP contribution in [0.25, 0.3) is 16.9 Å². The third kappa shape index (κ3) is 2.83. The lowest BCUT2D eigenvalue weighted by Gasteiger charge is -2.09. The van der Waals surface area contributed by atoms with E-state index in [9.17, 15) is 5.11 Å². The van der Waals surface area contributed by atoms with Crippen LogP contribution >= 0.6 is 0 Å². The van der Waals surface area contributed by atoms with Crippen molar-refractivity contribution in [2.45, 2.75) is 0 Å². The Kier molecular flexibility index (Phi) is 4.24. The third-order valence-corrected chi connectivity index (χ3v) is 3.60. The fourth-order valence-electron chi connectivity index (χ4n) is 2.34. The monoisotopic (exact) mass is 327 g/mol. The summed E-state index contributed by atoms with van der Waals surface area (Å²) in [6.45, 7) is 0. The van der Waals surface area contributed by atoms with Gasteiger partial charge in [0.15, 0.2) is 23.0 Å². The summed E-state index contributed by atoms with van der Waals surface area (Å²) in [6.07, 6.45) is 1.77. The molecule has 0 spiro atoms. The molecule has 0 unspecified atom stereocenters. The Balaban J connectivity index is 1.95. The maximum atomic E-state index is 9.89. The fraction of sp³-hybridized carbons (Fsp3) is 0.176. The second kappa shape index (κ2) is 6.49. The van der Waals surface area contributed by atoms with E-state index in [1.54, 1.807) is 43.3 Å². The number of benzene rings is 2. The quantitative estimate of drug-likeness (QED) is 0.776. The molecule has 2 aromatic carbocycles. The van der Waals surface area contributed by atoms with Crippen molar-refractivity contribution >= 4 is 0 Å². The second-order valence-corrected chi connectivity index (χ2v) is 4.97. The van der Waals surface area contributed by atoms with E-state index in [4.69, 9.17) is 14.2 Å². The van der Waals surface area contributed by atoms with E-state index in [0.717, 1.165) is 11.3 Å². The molecule has 124 valence electrons. The van der Waals surface area contributed by atoms with Crippen molar-refractivity contribution in [1.82, 2.24) is 15.0 Å². The molecular formula is C17H17N3O4. The normalized spacial score (nSPS) is 10.5. The van der Waals surface area contributed by atoms with Gasteiger partial charge in [0.05, 0.1) is 33.2 Å². The summed E-state index contributed by atoms with van der Waals surface area (Å²) in [5.41, 5.74) is 2.15. The Bertz CT molecular complexity index is 861. The number of ether oxygens (including phenoxy) is 3. The van der Waals surface area contributed by atoms with E-state index < -0.39 is 0 Å². The zero-order valence-electron chi connectivity index (χ0n) is 13.6. The zero-order chi connectivity index (χ0) is 17.1. The molecule has 1 aromatic heterocycles. The molecule has 0 saturated heterocycles. The minimum Gasteiger partial charge on any atom is -0.504 e. The molecule has 1 heterocycles. The molecule has 0 radical (unpaired) electrons. The van der Waals surface area contributed by atoms with Gasteiger partial charge in [-0.25, -0.2) is 4.68 Å². The van der Waals surface area contributed by atoms with E-state index in [0.29, 0.717) is 22.9 Å². The molecule has 1 N–H and O–H groups in total. The second-order valence-electron chi connectivity index (χ2n) is 4.97. The van der Waals surface area contributed by atoms with Crippen LogP contribution in [0.15, 0.2) is 42.6 Å². The van der Waals surface area contributed by atoms with Gasteiger partial charge in [0.25, 0.3) is 0 Å². The van der Waals surface area contributed by atoms with Gasteiger partial charge in [-0.3, -0.25) is 0 Å². The third-order valence-electron chi connectivity index (χ3n) is 3.60. The van der Waals surface area contributed by atoms with E-state index in [1.165, 1.54) is 7.11 Å². The van der Waals surface area contributed by atoms with Crippen LogP contribution in [0.3, 0.4) is 0 Å². The minimum absolute atomic E-state index is 0.0515. The lowest BCUT2D eigenvalue weighted by molar-refractivity contribution is 0.354. The van der Waals surface area contributed by atoms with Gasteiger partial charge < -0.3 is 19.3 Å². The number of rotatable bonds is 5. The van der Waals surface area contributed by atoms with Gasteiger partial charge in [-0.1, -0.05) is 5.21 Å². The number of methoxy groups -OCH3 is 3. The number of nitrogens with zero attached hydrogens (tertiary/aromatic N) is 3. The van der Waals surface area contributed by atoms with Gasteiger partial charge in [-0.05, 0) is 30.3 Å². The van der Waals surface area contributed by atoms with E-state index >= 15 is 0 Å². The van der Waals surface area contributed by atoms with Crippen LogP contribution in [0.4, 0.5) is 0 Å². The maximum Gasteiger partial charge on any atom is 0.162 e. The predicted molar refractivity (Wildman–Crippen MR) is 88.1 cm³/mol. The molecule has 7 nitrogen and oxygen atoms in total. The summed E-state index contributed by atoms with van der Waals surface area (Å²) in [7, 11) is 4.66. The van der Waals surface area contributed by atoms with Crippen LogP contribution in [0, 0.1) is 0 Å². The van der Waals surface area contributed by atoms with Crippen molar-refractivity contribution in [3.05, 3.63) is 42.6 Å². The Hall–Kier alpha value is -3.22.